The molecule has 0 aromatic heterocycles. The van der Waals surface area contributed by atoms with Gasteiger partial charge in [0, 0.05) is 0 Å². The minimum Gasteiger partial charge on any atom is -0.508 e. The number of hydrogen-bond donors (Lipinski definition) is 3. The molecule has 0 unspecified atom stereocenters. The van der Waals surface area contributed by atoms with E-state index in [2.05, 4.69) is 0 Å². The summed E-state index contributed by atoms with van der Waals surface area (Å²) in [6.07, 6.45) is 0. The Hall–Kier alpha value is -1.60. The van der Waals surface area contributed by atoms with E-state index in [0.717, 1.165) is 6.07 Å². The number of carbonyl (C=O) groups excluding carboxylic acids is 1. The summed E-state index contributed by atoms with van der Waals surface area (Å²) in [7, 11) is -3.79. The highest BCUT2D eigenvalue weighted by Crippen LogP contribution is 2.15. The summed E-state index contributed by atoms with van der Waals surface area (Å²) in [6, 6.07) is 5.09. The van der Waals surface area contributed by atoms with Crippen LogP contribution in [-0.4, -0.2) is 26.0 Å². The molecule has 0 radical (unpaired) electrons. The number of nitrogens with one attached hydrogen (secondary N) is 1. The Bertz CT molecular complexity index is 469. The van der Waals surface area contributed by atoms with Crippen LogP contribution in [0.2, 0.25) is 0 Å². The maximum Gasteiger partial charge on any atom is 0.241 e. The number of phenolic OH excluding ortho intramolecular Hbond substituents is 1. The zero-order chi connectivity index (χ0) is 11.5. The Labute approximate surface area is 86.8 Å². The van der Waals surface area contributed by atoms with E-state index in [1.54, 1.807) is 0 Å². The number of nitrogens with two attached hydrogens (primary N) is 1. The largest absolute Gasteiger partial charge is 0.508 e. The maximum atomic E-state index is 11.5. The van der Waals surface area contributed by atoms with Crippen molar-refractivity contribution in [2.75, 3.05) is 6.54 Å². The molecule has 0 atom stereocenters. The number of benzene rings is 1. The third kappa shape index (κ3) is 3.22. The summed E-state index contributed by atoms with van der Waals surface area (Å²) in [5, 5.41) is 9.07. The number of hydrogen-bond acceptors (Lipinski definition) is 4. The molecular weight excluding hydrogens is 220 g/mol. The van der Waals surface area contributed by atoms with Gasteiger partial charge in [-0.1, -0.05) is 6.07 Å². The maximum absolute atomic E-state index is 11.5. The van der Waals surface area contributed by atoms with Crippen LogP contribution in [0.25, 0.3) is 0 Å². The molecule has 0 saturated carbocycles. The second-order valence-electron chi connectivity index (χ2n) is 2.79. The van der Waals surface area contributed by atoms with Crippen molar-refractivity contribution in [1.29, 1.82) is 0 Å². The molecule has 0 saturated heterocycles. The Morgan fingerprint density at radius 3 is 2.67 bits per heavy atom. The van der Waals surface area contributed by atoms with Gasteiger partial charge in [0.25, 0.3) is 0 Å². The molecule has 0 aliphatic carbocycles. The van der Waals surface area contributed by atoms with Gasteiger partial charge in [-0.05, 0) is 18.2 Å². The van der Waals surface area contributed by atoms with Gasteiger partial charge in [-0.3, -0.25) is 4.79 Å². The predicted octanol–water partition coefficient (Wildman–Crippen LogP) is -0.844. The van der Waals surface area contributed by atoms with E-state index in [1.165, 1.54) is 18.2 Å². The van der Waals surface area contributed by atoms with Crippen molar-refractivity contribution >= 4 is 15.9 Å². The van der Waals surface area contributed by atoms with Crippen molar-refractivity contribution in [1.82, 2.24) is 4.72 Å². The van der Waals surface area contributed by atoms with Crippen LogP contribution < -0.4 is 10.5 Å². The number of sulfonamides is 1. The summed E-state index contributed by atoms with van der Waals surface area (Å²) < 4.78 is 24.9. The third-order valence-electron chi connectivity index (χ3n) is 1.56. The van der Waals surface area contributed by atoms with Crippen molar-refractivity contribution in [2.24, 2.45) is 5.73 Å². The average Bonchev–Trinajstić information content (AvgIpc) is 2.15. The van der Waals surface area contributed by atoms with E-state index >= 15 is 0 Å². The van der Waals surface area contributed by atoms with Gasteiger partial charge in [-0.2, -0.15) is 0 Å². The van der Waals surface area contributed by atoms with Crippen molar-refractivity contribution in [3.8, 4) is 5.75 Å². The number of rotatable bonds is 4. The molecule has 4 N–H and O–H groups in total. The zero-order valence-electron chi connectivity index (χ0n) is 7.67. The zero-order valence-corrected chi connectivity index (χ0v) is 8.49. The fourth-order valence-electron chi connectivity index (χ4n) is 0.900. The Morgan fingerprint density at radius 1 is 1.47 bits per heavy atom. The molecule has 0 aliphatic heterocycles. The first-order chi connectivity index (χ1) is 6.92. The van der Waals surface area contributed by atoms with E-state index in [0.29, 0.717) is 0 Å². The summed E-state index contributed by atoms with van der Waals surface area (Å²) in [4.78, 5) is 10.3. The van der Waals surface area contributed by atoms with Crippen LogP contribution in [0.3, 0.4) is 0 Å². The number of carbonyl (C=O) groups is 1. The quantitative estimate of drug-likeness (QED) is 0.626. The van der Waals surface area contributed by atoms with E-state index in [1.807, 2.05) is 4.72 Å². The molecule has 82 valence electrons. The fraction of sp³-hybridized carbons (Fsp3) is 0.125. The molecule has 0 spiro atoms. The van der Waals surface area contributed by atoms with Crippen molar-refractivity contribution < 1.29 is 18.3 Å². The van der Waals surface area contributed by atoms with E-state index in [-0.39, 0.29) is 10.6 Å². The van der Waals surface area contributed by atoms with Gasteiger partial charge in [0.1, 0.15) is 5.75 Å². The van der Waals surface area contributed by atoms with Crippen molar-refractivity contribution in [3.63, 3.8) is 0 Å². The standard InChI is InChI=1S/C8H10N2O4S/c9-8(12)5-10-15(13,14)7-3-1-2-6(11)4-7/h1-4,10-11H,5H2,(H2,9,12). The fourth-order valence-corrected chi connectivity index (χ4v) is 1.93. The first kappa shape index (κ1) is 11.5. The topological polar surface area (TPSA) is 109 Å². The van der Waals surface area contributed by atoms with Crippen LogP contribution in [0.15, 0.2) is 29.2 Å². The minimum atomic E-state index is -3.79. The average molecular weight is 230 g/mol. The Morgan fingerprint density at radius 2 is 2.13 bits per heavy atom. The minimum absolute atomic E-state index is 0.122. The smallest absolute Gasteiger partial charge is 0.241 e. The summed E-state index contributed by atoms with van der Waals surface area (Å²) in [5.41, 5.74) is 4.79. The number of phenols is 1. The van der Waals surface area contributed by atoms with Crippen LogP contribution in [0.5, 0.6) is 5.75 Å². The molecule has 7 heteroatoms. The van der Waals surface area contributed by atoms with Gasteiger partial charge < -0.3 is 10.8 Å². The lowest BCUT2D eigenvalue weighted by Gasteiger charge is -2.04. The summed E-state index contributed by atoms with van der Waals surface area (Å²) in [6.45, 7) is -0.474. The molecule has 0 aliphatic rings. The van der Waals surface area contributed by atoms with E-state index in [4.69, 9.17) is 10.8 Å². The Kier molecular flexibility index (Phi) is 3.28. The molecule has 1 rings (SSSR count). The third-order valence-corrected chi connectivity index (χ3v) is 2.96. The van der Waals surface area contributed by atoms with Gasteiger partial charge in [0.2, 0.25) is 15.9 Å². The van der Waals surface area contributed by atoms with Crippen LogP contribution >= 0.6 is 0 Å². The van der Waals surface area contributed by atoms with Crippen LogP contribution in [-0.2, 0) is 14.8 Å². The lowest BCUT2D eigenvalue weighted by Crippen LogP contribution is -2.33. The normalized spacial score (nSPS) is 11.2. The second-order valence-corrected chi connectivity index (χ2v) is 4.56. The van der Waals surface area contributed by atoms with Crippen LogP contribution in [0.1, 0.15) is 0 Å². The van der Waals surface area contributed by atoms with Gasteiger partial charge >= 0.3 is 0 Å². The molecule has 1 aromatic carbocycles. The summed E-state index contributed by atoms with van der Waals surface area (Å²) >= 11 is 0. The molecule has 6 nitrogen and oxygen atoms in total. The molecule has 1 amide bonds. The molecule has 15 heavy (non-hydrogen) atoms. The molecule has 0 heterocycles. The first-order valence-corrected chi connectivity index (χ1v) is 5.47. The number of aromatic hydroxyl groups is 1. The molecule has 1 aromatic rings. The lowest BCUT2D eigenvalue weighted by molar-refractivity contribution is -0.116. The second kappa shape index (κ2) is 4.28. The highest BCUT2D eigenvalue weighted by Gasteiger charge is 2.14. The highest BCUT2D eigenvalue weighted by molar-refractivity contribution is 7.89. The molecule has 0 bridgehead atoms. The van der Waals surface area contributed by atoms with Crippen molar-refractivity contribution in [2.45, 2.75) is 4.90 Å². The number of primary amides is 1. The molecular formula is C8H10N2O4S. The van der Waals surface area contributed by atoms with E-state index in [9.17, 15) is 13.2 Å². The van der Waals surface area contributed by atoms with Gasteiger partial charge in [-0.25, -0.2) is 13.1 Å². The SMILES string of the molecule is NC(=O)CNS(=O)(=O)c1cccc(O)c1. The van der Waals surface area contributed by atoms with E-state index < -0.39 is 22.5 Å². The first-order valence-electron chi connectivity index (χ1n) is 3.99. The van der Waals surface area contributed by atoms with Gasteiger partial charge in [-0.15, -0.1) is 0 Å². The number of amides is 1. The van der Waals surface area contributed by atoms with Crippen LogP contribution in [0, 0.1) is 0 Å². The monoisotopic (exact) mass is 230 g/mol. The van der Waals surface area contributed by atoms with Crippen LogP contribution in [0.4, 0.5) is 0 Å². The Balaban J connectivity index is 2.91. The summed E-state index contributed by atoms with van der Waals surface area (Å²) in [5.74, 6) is -0.948. The van der Waals surface area contributed by atoms with Gasteiger partial charge in [0.05, 0.1) is 11.4 Å². The molecule has 0 fully saturated rings. The highest BCUT2D eigenvalue weighted by atomic mass is 32.2. The lowest BCUT2D eigenvalue weighted by atomic mass is 10.3. The van der Waals surface area contributed by atoms with Gasteiger partial charge in [0.15, 0.2) is 0 Å². The van der Waals surface area contributed by atoms with Crippen molar-refractivity contribution in [3.05, 3.63) is 24.3 Å². The predicted molar refractivity (Wildman–Crippen MR) is 52.5 cm³/mol.